The Kier molecular flexibility index (Phi) is 4.76. The molecule has 0 aliphatic carbocycles. The minimum atomic E-state index is -3.37. The molecular weight excluding hydrogens is 248 g/mol. The van der Waals surface area contributed by atoms with Gasteiger partial charge in [-0.25, -0.2) is 13.1 Å². The van der Waals surface area contributed by atoms with Crippen LogP contribution in [0.25, 0.3) is 0 Å². The van der Waals surface area contributed by atoms with E-state index in [9.17, 15) is 8.42 Å². The fourth-order valence-electron chi connectivity index (χ4n) is 2.00. The first-order chi connectivity index (χ1) is 8.26. The molecule has 0 radical (unpaired) electrons. The summed E-state index contributed by atoms with van der Waals surface area (Å²) in [5.74, 6) is -0.0766. The lowest BCUT2D eigenvalue weighted by Gasteiger charge is -2.25. The Morgan fingerprint density at radius 1 is 1.28 bits per heavy atom. The highest BCUT2D eigenvalue weighted by atomic mass is 32.2. The molecule has 1 aromatic carbocycles. The molecule has 0 unspecified atom stereocenters. The fraction of sp³-hybridized carbons (Fsp3) is 0.538. The minimum absolute atomic E-state index is 0.0766. The molecule has 0 aromatic heterocycles. The molecule has 1 rings (SSSR count). The maximum atomic E-state index is 12.1. The third-order valence-electron chi connectivity index (χ3n) is 2.71. The van der Waals surface area contributed by atoms with E-state index in [1.165, 1.54) is 0 Å². The highest BCUT2D eigenvalue weighted by Crippen LogP contribution is 2.17. The van der Waals surface area contributed by atoms with Crippen molar-refractivity contribution in [3.8, 4) is 0 Å². The quantitative estimate of drug-likeness (QED) is 0.779. The summed E-state index contributed by atoms with van der Waals surface area (Å²) in [6.07, 6.45) is 1.74. The molecule has 0 aliphatic heterocycles. The van der Waals surface area contributed by atoms with Crippen LogP contribution >= 0.6 is 0 Å². The first-order valence-corrected chi connectivity index (χ1v) is 7.76. The van der Waals surface area contributed by atoms with Crippen LogP contribution < -0.4 is 10.5 Å². The third kappa shape index (κ3) is 4.66. The normalized spacial score (nSPS) is 12.6. The third-order valence-corrected chi connectivity index (χ3v) is 4.26. The summed E-state index contributed by atoms with van der Waals surface area (Å²) < 4.78 is 26.9. The number of hydrogen-bond acceptors (Lipinski definition) is 3. The van der Waals surface area contributed by atoms with E-state index in [4.69, 9.17) is 5.73 Å². The first-order valence-electron chi connectivity index (χ1n) is 6.11. The van der Waals surface area contributed by atoms with Gasteiger partial charge in [-0.2, -0.15) is 0 Å². The van der Waals surface area contributed by atoms with E-state index in [0.717, 1.165) is 12.8 Å². The number of nitrogens with one attached hydrogen (secondary N) is 1. The number of hydrogen-bond donors (Lipinski definition) is 2. The van der Waals surface area contributed by atoms with E-state index in [1.54, 1.807) is 24.3 Å². The van der Waals surface area contributed by atoms with Gasteiger partial charge in [-0.3, -0.25) is 0 Å². The largest absolute Gasteiger partial charge is 0.398 e. The van der Waals surface area contributed by atoms with Crippen LogP contribution in [0.1, 0.15) is 39.2 Å². The molecule has 1 aromatic rings. The van der Waals surface area contributed by atoms with Gasteiger partial charge in [0, 0.05) is 11.2 Å². The smallest absolute Gasteiger partial charge is 0.216 e. The molecule has 3 N–H and O–H groups in total. The van der Waals surface area contributed by atoms with Crippen molar-refractivity contribution < 1.29 is 8.42 Å². The molecule has 4 nitrogen and oxygen atoms in total. The van der Waals surface area contributed by atoms with Crippen LogP contribution in [0.3, 0.4) is 0 Å². The van der Waals surface area contributed by atoms with Gasteiger partial charge in [-0.05, 0) is 31.9 Å². The lowest BCUT2D eigenvalue weighted by atomic mass is 10.0. The number of para-hydroxylation sites is 1. The molecule has 102 valence electrons. The fourth-order valence-corrected chi connectivity index (χ4v) is 3.69. The van der Waals surface area contributed by atoms with Crippen molar-refractivity contribution >= 4 is 15.7 Å². The van der Waals surface area contributed by atoms with E-state index in [1.807, 2.05) is 20.8 Å². The van der Waals surface area contributed by atoms with Gasteiger partial charge in [-0.1, -0.05) is 31.5 Å². The zero-order valence-corrected chi connectivity index (χ0v) is 12.0. The topological polar surface area (TPSA) is 72.2 Å². The molecule has 0 spiro atoms. The Labute approximate surface area is 110 Å². The van der Waals surface area contributed by atoms with Crippen LogP contribution in [-0.2, 0) is 15.8 Å². The monoisotopic (exact) mass is 270 g/mol. The summed E-state index contributed by atoms with van der Waals surface area (Å²) in [5, 5.41) is 0. The molecule has 5 heteroatoms. The van der Waals surface area contributed by atoms with Crippen LogP contribution in [0.15, 0.2) is 24.3 Å². The van der Waals surface area contributed by atoms with Crippen molar-refractivity contribution in [1.29, 1.82) is 0 Å². The molecule has 0 saturated heterocycles. The van der Waals surface area contributed by atoms with Gasteiger partial charge in [0.1, 0.15) is 0 Å². The van der Waals surface area contributed by atoms with Crippen molar-refractivity contribution in [2.75, 3.05) is 5.73 Å². The van der Waals surface area contributed by atoms with Crippen LogP contribution in [0.5, 0.6) is 0 Å². The number of sulfonamides is 1. The predicted molar refractivity (Wildman–Crippen MR) is 75.6 cm³/mol. The van der Waals surface area contributed by atoms with Gasteiger partial charge in [0.05, 0.1) is 5.75 Å². The predicted octanol–water partition coefficient (Wildman–Crippen LogP) is 2.27. The zero-order valence-electron chi connectivity index (χ0n) is 11.2. The average Bonchev–Trinajstić information content (AvgIpc) is 2.19. The van der Waals surface area contributed by atoms with Crippen LogP contribution in [0.4, 0.5) is 5.69 Å². The van der Waals surface area contributed by atoms with E-state index in [-0.39, 0.29) is 5.75 Å². The maximum absolute atomic E-state index is 12.1. The van der Waals surface area contributed by atoms with Crippen molar-refractivity contribution in [3.05, 3.63) is 29.8 Å². The minimum Gasteiger partial charge on any atom is -0.398 e. The first kappa shape index (κ1) is 15.0. The van der Waals surface area contributed by atoms with Crippen molar-refractivity contribution in [2.45, 2.75) is 44.9 Å². The van der Waals surface area contributed by atoms with Crippen molar-refractivity contribution in [1.82, 2.24) is 4.72 Å². The lowest BCUT2D eigenvalue weighted by molar-refractivity contribution is 0.417. The number of rotatable bonds is 6. The van der Waals surface area contributed by atoms with E-state index < -0.39 is 15.6 Å². The second kappa shape index (κ2) is 5.71. The molecule has 0 aliphatic rings. The van der Waals surface area contributed by atoms with Crippen LogP contribution in [-0.4, -0.2) is 14.0 Å². The second-order valence-corrected chi connectivity index (χ2v) is 6.92. The summed E-state index contributed by atoms with van der Waals surface area (Å²) in [4.78, 5) is 0. The summed E-state index contributed by atoms with van der Waals surface area (Å²) in [6.45, 7) is 5.82. The van der Waals surface area contributed by atoms with Gasteiger partial charge in [0.15, 0.2) is 0 Å². The molecule has 0 heterocycles. The number of anilines is 1. The Morgan fingerprint density at radius 2 is 1.89 bits per heavy atom. The van der Waals surface area contributed by atoms with Gasteiger partial charge < -0.3 is 5.73 Å². The van der Waals surface area contributed by atoms with E-state index in [2.05, 4.69) is 4.72 Å². The number of benzene rings is 1. The maximum Gasteiger partial charge on any atom is 0.216 e. The highest BCUT2D eigenvalue weighted by Gasteiger charge is 2.24. The van der Waals surface area contributed by atoms with Crippen LogP contribution in [0.2, 0.25) is 0 Å². The molecule has 0 fully saturated rings. The van der Waals surface area contributed by atoms with Crippen molar-refractivity contribution in [3.63, 3.8) is 0 Å². The summed E-state index contributed by atoms with van der Waals surface area (Å²) in [6, 6.07) is 7.03. The second-order valence-electron chi connectivity index (χ2n) is 5.19. The highest BCUT2D eigenvalue weighted by molar-refractivity contribution is 7.88. The average molecular weight is 270 g/mol. The lowest BCUT2D eigenvalue weighted by Crippen LogP contribution is -2.43. The Bertz CT molecular complexity index is 495. The molecule has 0 atom stereocenters. The number of nitrogens with two attached hydrogens (primary N) is 1. The van der Waals surface area contributed by atoms with Crippen LogP contribution in [0, 0.1) is 0 Å². The van der Waals surface area contributed by atoms with Gasteiger partial charge in [-0.15, -0.1) is 0 Å². The molecule has 18 heavy (non-hydrogen) atoms. The summed E-state index contributed by atoms with van der Waals surface area (Å²) >= 11 is 0. The molecular formula is C13H22N2O2S. The van der Waals surface area contributed by atoms with E-state index in [0.29, 0.717) is 11.3 Å². The Morgan fingerprint density at radius 3 is 2.44 bits per heavy atom. The standard InChI is InChI=1S/C13H22N2O2S/c1-4-9-13(2,3)15-18(16,17)10-11-7-5-6-8-12(11)14/h5-8,15H,4,9-10,14H2,1-3H3. The SMILES string of the molecule is CCCC(C)(C)NS(=O)(=O)Cc1ccccc1N. The van der Waals surface area contributed by atoms with Crippen molar-refractivity contribution in [2.24, 2.45) is 0 Å². The molecule has 0 saturated carbocycles. The summed E-state index contributed by atoms with van der Waals surface area (Å²) in [5.41, 5.74) is 6.49. The van der Waals surface area contributed by atoms with Gasteiger partial charge in [0.2, 0.25) is 10.0 Å². The van der Waals surface area contributed by atoms with E-state index >= 15 is 0 Å². The van der Waals surface area contributed by atoms with Gasteiger partial charge >= 0.3 is 0 Å². The Hall–Kier alpha value is -1.07. The summed E-state index contributed by atoms with van der Waals surface area (Å²) in [7, 11) is -3.37. The van der Waals surface area contributed by atoms with Gasteiger partial charge in [0.25, 0.3) is 0 Å². The molecule has 0 amide bonds. The Balaban J connectivity index is 2.80. The zero-order chi connectivity index (χ0) is 13.8. The molecule has 0 bridgehead atoms. The number of nitrogen functional groups attached to an aromatic ring is 1.